The zero-order chi connectivity index (χ0) is 26.0. The molecule has 3 heterocycles. The number of benzene rings is 2. The Morgan fingerprint density at radius 2 is 1.89 bits per heavy atom. The van der Waals surface area contributed by atoms with E-state index in [0.717, 1.165) is 16.5 Å². The summed E-state index contributed by atoms with van der Waals surface area (Å²) in [4.78, 5) is 26.1. The van der Waals surface area contributed by atoms with E-state index in [4.69, 9.17) is 0 Å². The molecule has 0 fully saturated rings. The van der Waals surface area contributed by atoms with Crippen LogP contribution in [0.2, 0.25) is 0 Å². The highest BCUT2D eigenvalue weighted by molar-refractivity contribution is 7.95. The normalized spacial score (nSPS) is 13.3. The van der Waals surface area contributed by atoms with Crippen LogP contribution in [0.15, 0.2) is 85.2 Å². The van der Waals surface area contributed by atoms with Crippen LogP contribution in [0.1, 0.15) is 11.1 Å². The molecule has 1 aliphatic heterocycles. The molecule has 37 heavy (non-hydrogen) atoms. The summed E-state index contributed by atoms with van der Waals surface area (Å²) in [6.07, 6.45) is 5.10. The summed E-state index contributed by atoms with van der Waals surface area (Å²) in [5.41, 5.74) is 3.14. The molecule has 0 saturated heterocycles. The Kier molecular flexibility index (Phi) is 6.32. The first-order chi connectivity index (χ1) is 17.8. The van der Waals surface area contributed by atoms with Crippen molar-refractivity contribution in [3.8, 4) is 0 Å². The quantitative estimate of drug-likeness (QED) is 0.361. The van der Waals surface area contributed by atoms with E-state index >= 15 is 0 Å². The molecule has 12 heteroatoms. The zero-order valence-corrected chi connectivity index (χ0v) is 20.8. The number of hydrogen-bond acceptors (Lipinski definition) is 7. The molecule has 0 atom stereocenters. The number of urea groups is 1. The van der Waals surface area contributed by atoms with Gasteiger partial charge in [0.05, 0.1) is 29.8 Å². The molecule has 2 amide bonds. The maximum Gasteiger partial charge on any atom is 0.330 e. The van der Waals surface area contributed by atoms with Crippen LogP contribution >= 0.6 is 0 Å². The third kappa shape index (κ3) is 5.28. The van der Waals surface area contributed by atoms with Gasteiger partial charge in [0.15, 0.2) is 5.82 Å². The number of amides is 2. The minimum atomic E-state index is -3.73. The number of aryl methyl sites for hydroxylation is 1. The molecular formula is C25H24N8O3S. The summed E-state index contributed by atoms with van der Waals surface area (Å²) in [6.45, 7) is 4.02. The van der Waals surface area contributed by atoms with Gasteiger partial charge in [0.2, 0.25) is 5.95 Å². The molecule has 188 valence electrons. The van der Waals surface area contributed by atoms with Crippen molar-refractivity contribution >= 4 is 44.9 Å². The predicted octanol–water partition coefficient (Wildman–Crippen LogP) is 4.11. The maximum absolute atomic E-state index is 13.8. The molecule has 0 aliphatic carbocycles. The minimum absolute atomic E-state index is 0.287. The lowest BCUT2D eigenvalue weighted by Gasteiger charge is -2.36. The summed E-state index contributed by atoms with van der Waals surface area (Å²) < 4.78 is 28.2. The first-order valence-electron chi connectivity index (χ1n) is 11.3. The molecular weight excluding hydrogens is 492 g/mol. The Morgan fingerprint density at radius 1 is 1.08 bits per heavy atom. The van der Waals surface area contributed by atoms with Gasteiger partial charge in [-0.25, -0.2) is 23.1 Å². The Morgan fingerprint density at radius 3 is 2.62 bits per heavy atom. The van der Waals surface area contributed by atoms with Crippen molar-refractivity contribution in [1.29, 1.82) is 0 Å². The van der Waals surface area contributed by atoms with E-state index < -0.39 is 10.0 Å². The van der Waals surface area contributed by atoms with Crippen LogP contribution in [0.3, 0.4) is 0 Å². The molecule has 0 unspecified atom stereocenters. The van der Waals surface area contributed by atoms with E-state index in [2.05, 4.69) is 31.7 Å². The Labute approximate surface area is 214 Å². The fourth-order valence-electron chi connectivity index (χ4n) is 3.96. The summed E-state index contributed by atoms with van der Waals surface area (Å²) in [5, 5.41) is 8.06. The highest BCUT2D eigenvalue weighted by Gasteiger charge is 2.33. The zero-order valence-electron chi connectivity index (χ0n) is 19.9. The molecule has 0 saturated carbocycles. The number of nitrogens with one attached hydrogen (secondary N) is 2. The fourth-order valence-corrected chi connectivity index (χ4v) is 4.50. The highest BCUT2D eigenvalue weighted by Crippen LogP contribution is 2.36. The number of fused-ring (bicyclic) bond motifs is 1. The number of rotatable bonds is 8. The molecule has 1 aliphatic rings. The van der Waals surface area contributed by atoms with Gasteiger partial charge in [-0.3, -0.25) is 9.40 Å². The molecule has 2 aromatic heterocycles. The first kappa shape index (κ1) is 24.0. The minimum Gasteiger partial charge on any atom is -0.321 e. The fraction of sp³-hybridized carbons (Fsp3) is 0.120. The predicted molar refractivity (Wildman–Crippen MR) is 141 cm³/mol. The van der Waals surface area contributed by atoms with Gasteiger partial charge in [0.25, 0.3) is 10.0 Å². The van der Waals surface area contributed by atoms with E-state index in [1.54, 1.807) is 59.5 Å². The van der Waals surface area contributed by atoms with Gasteiger partial charge in [-0.15, -0.1) is 0 Å². The molecule has 0 bridgehead atoms. The van der Waals surface area contributed by atoms with Crippen LogP contribution in [-0.4, -0.2) is 39.1 Å². The number of aromatic nitrogens is 4. The van der Waals surface area contributed by atoms with E-state index in [-0.39, 0.29) is 11.7 Å². The van der Waals surface area contributed by atoms with Gasteiger partial charge in [-0.05, 0) is 23.8 Å². The van der Waals surface area contributed by atoms with Gasteiger partial charge in [0, 0.05) is 37.0 Å². The summed E-state index contributed by atoms with van der Waals surface area (Å²) in [6, 6.07) is 15.9. The van der Waals surface area contributed by atoms with Crippen LogP contribution in [0.25, 0.3) is 0 Å². The van der Waals surface area contributed by atoms with Crippen LogP contribution in [0.4, 0.5) is 33.6 Å². The van der Waals surface area contributed by atoms with Gasteiger partial charge in [0.1, 0.15) is 0 Å². The molecule has 2 aromatic carbocycles. The SMILES string of the molecule is C=CS(=O)(=O)Nc1cccc(N2C(=O)N(Cc3ccccc3)Cc3cnc(Nc4cnn(C)c4)nc32)c1. The number of anilines is 5. The number of carbonyl (C=O) groups excluding carboxylic acids is 1. The van der Waals surface area contributed by atoms with Crippen LogP contribution in [-0.2, 0) is 30.2 Å². The molecule has 4 aromatic rings. The average molecular weight is 517 g/mol. The summed E-state index contributed by atoms with van der Waals surface area (Å²) in [7, 11) is -1.93. The van der Waals surface area contributed by atoms with Crippen molar-refractivity contribution in [1.82, 2.24) is 24.6 Å². The lowest BCUT2D eigenvalue weighted by atomic mass is 10.1. The second-order valence-electron chi connectivity index (χ2n) is 8.39. The van der Waals surface area contributed by atoms with Gasteiger partial charge in [-0.1, -0.05) is 43.0 Å². The Hall–Kier alpha value is -4.71. The topological polar surface area (TPSA) is 125 Å². The first-order valence-corrected chi connectivity index (χ1v) is 12.9. The summed E-state index contributed by atoms with van der Waals surface area (Å²) in [5.74, 6) is 0.698. The van der Waals surface area contributed by atoms with Gasteiger partial charge in [-0.2, -0.15) is 10.1 Å². The Balaban J connectivity index is 1.55. The monoisotopic (exact) mass is 516 g/mol. The second-order valence-corrected chi connectivity index (χ2v) is 10.0. The maximum atomic E-state index is 13.8. The molecule has 11 nitrogen and oxygen atoms in total. The van der Waals surface area contributed by atoms with E-state index in [1.807, 2.05) is 30.3 Å². The van der Waals surface area contributed by atoms with Crippen molar-refractivity contribution in [2.45, 2.75) is 13.1 Å². The van der Waals surface area contributed by atoms with Gasteiger partial charge < -0.3 is 10.2 Å². The van der Waals surface area contributed by atoms with Crippen molar-refractivity contribution in [3.05, 3.63) is 96.3 Å². The second kappa shape index (κ2) is 9.74. The summed E-state index contributed by atoms with van der Waals surface area (Å²) >= 11 is 0. The molecule has 5 rings (SSSR count). The standard InChI is InChI=1S/C25H24N8O3S/c1-3-37(35,36)30-20-10-7-11-22(12-20)33-23-19(13-26-24(29-23)28-21-14-27-31(2)17-21)16-32(25(33)34)15-18-8-5-4-6-9-18/h3-14,17,30H,1,15-16H2,2H3,(H,26,28,29). The van der Waals surface area contributed by atoms with E-state index in [0.29, 0.717) is 36.2 Å². The number of nitrogens with zero attached hydrogens (tertiary/aromatic N) is 6. The third-order valence-electron chi connectivity index (χ3n) is 5.64. The number of sulfonamides is 1. The molecule has 2 N–H and O–H groups in total. The lowest BCUT2D eigenvalue weighted by molar-refractivity contribution is 0.198. The molecule has 0 radical (unpaired) electrons. The van der Waals surface area contributed by atoms with Gasteiger partial charge >= 0.3 is 6.03 Å². The van der Waals surface area contributed by atoms with Crippen molar-refractivity contribution < 1.29 is 13.2 Å². The Bertz CT molecular complexity index is 1570. The average Bonchev–Trinajstić information content (AvgIpc) is 3.29. The largest absolute Gasteiger partial charge is 0.330 e. The van der Waals surface area contributed by atoms with Crippen LogP contribution < -0.4 is 14.9 Å². The number of hydrogen-bond donors (Lipinski definition) is 2. The van der Waals surface area contributed by atoms with E-state index in [9.17, 15) is 13.2 Å². The van der Waals surface area contributed by atoms with Crippen molar-refractivity contribution in [2.24, 2.45) is 7.05 Å². The lowest BCUT2D eigenvalue weighted by Crippen LogP contribution is -2.45. The van der Waals surface area contributed by atoms with E-state index in [1.165, 1.54) is 4.90 Å². The highest BCUT2D eigenvalue weighted by atomic mass is 32.2. The van der Waals surface area contributed by atoms with Crippen molar-refractivity contribution in [2.75, 3.05) is 14.9 Å². The van der Waals surface area contributed by atoms with Crippen LogP contribution in [0.5, 0.6) is 0 Å². The van der Waals surface area contributed by atoms with Crippen molar-refractivity contribution in [3.63, 3.8) is 0 Å². The third-order valence-corrected chi connectivity index (χ3v) is 6.60. The number of carbonyl (C=O) groups is 1. The van der Waals surface area contributed by atoms with Crippen LogP contribution in [0, 0.1) is 0 Å². The smallest absolute Gasteiger partial charge is 0.321 e. The molecule has 0 spiro atoms.